The van der Waals surface area contributed by atoms with Crippen molar-refractivity contribution in [3.05, 3.63) is 6.33 Å². The summed E-state index contributed by atoms with van der Waals surface area (Å²) in [5.74, 6) is 0.0121. The van der Waals surface area contributed by atoms with Gasteiger partial charge in [-0.3, -0.25) is 4.79 Å². The summed E-state index contributed by atoms with van der Waals surface area (Å²) in [5.41, 5.74) is 6.53. The molecule has 2 aromatic rings. The van der Waals surface area contributed by atoms with Gasteiger partial charge in [0.2, 0.25) is 5.95 Å². The molecule has 0 aromatic carbocycles. The van der Waals surface area contributed by atoms with Gasteiger partial charge in [-0.15, -0.1) is 9.63 Å². The van der Waals surface area contributed by atoms with Gasteiger partial charge in [0.15, 0.2) is 11.5 Å². The van der Waals surface area contributed by atoms with Gasteiger partial charge in [0.1, 0.15) is 11.8 Å². The highest BCUT2D eigenvalue weighted by Crippen LogP contribution is 2.19. The van der Waals surface area contributed by atoms with Gasteiger partial charge in [-0.25, -0.2) is 9.97 Å². The molecule has 0 saturated heterocycles. The highest BCUT2D eigenvalue weighted by Gasteiger charge is 2.06. The van der Waals surface area contributed by atoms with Gasteiger partial charge in [-0.05, 0) is 11.9 Å². The molecule has 0 aliphatic heterocycles. The smallest absolute Gasteiger partial charge is 0.304 e. The molecule has 0 saturated carbocycles. The molecule has 4 N–H and O–H groups in total. The summed E-state index contributed by atoms with van der Waals surface area (Å²) in [6, 6.07) is 0. The molecule has 0 spiro atoms. The van der Waals surface area contributed by atoms with Crippen LogP contribution in [0.5, 0.6) is 0 Å². The number of hydrogen-bond acceptors (Lipinski definition) is 8. The van der Waals surface area contributed by atoms with Crippen molar-refractivity contribution in [2.45, 2.75) is 6.42 Å². The van der Waals surface area contributed by atoms with Crippen molar-refractivity contribution in [2.75, 3.05) is 11.5 Å². The molecule has 18 heavy (non-hydrogen) atoms. The summed E-state index contributed by atoms with van der Waals surface area (Å²) in [4.78, 5) is 24.8. The number of carboxylic acid groups (broad SMARTS) is 1. The molecule has 0 unspecified atom stereocenters. The van der Waals surface area contributed by atoms with Crippen molar-refractivity contribution in [1.82, 2.24) is 19.9 Å². The lowest BCUT2D eigenvalue weighted by Crippen LogP contribution is -1.94. The predicted molar refractivity (Wildman–Crippen MR) is 65.3 cm³/mol. The molecule has 0 atom stereocenters. The van der Waals surface area contributed by atoms with Crippen LogP contribution in [0.15, 0.2) is 16.0 Å². The number of nitrogen functional groups attached to an aromatic ring is 1. The Morgan fingerprint density at radius 3 is 3.11 bits per heavy atom. The molecule has 0 radical (unpaired) electrons. The Morgan fingerprint density at radius 1 is 1.56 bits per heavy atom. The van der Waals surface area contributed by atoms with Gasteiger partial charge in [0.05, 0.1) is 6.42 Å². The van der Waals surface area contributed by atoms with Gasteiger partial charge in [-0.1, -0.05) is 0 Å². The Hall–Kier alpha value is -2.23. The average Bonchev–Trinajstić information content (AvgIpc) is 2.72. The Balaban J connectivity index is 2.01. The van der Waals surface area contributed by atoms with Crippen LogP contribution >= 0.6 is 11.9 Å². The van der Waals surface area contributed by atoms with E-state index in [4.69, 9.17) is 10.8 Å². The number of carbonyl (C=O) groups is 1. The number of aliphatic carboxylic acids is 1. The summed E-state index contributed by atoms with van der Waals surface area (Å²) in [6.07, 6.45) is 1.34. The molecule has 0 amide bonds. The van der Waals surface area contributed by atoms with Crippen molar-refractivity contribution in [2.24, 2.45) is 9.63 Å². The summed E-state index contributed by atoms with van der Waals surface area (Å²) in [5, 5.41) is 12.2. The highest BCUT2D eigenvalue weighted by atomic mass is 32.2. The number of hydrogen-bond donors (Lipinski definition) is 3. The number of anilines is 1. The predicted octanol–water partition coefficient (Wildman–Crippen LogP) is 1.14. The van der Waals surface area contributed by atoms with E-state index in [1.165, 1.54) is 6.33 Å². The zero-order valence-electron chi connectivity index (χ0n) is 9.07. The molecule has 0 bridgehead atoms. The Bertz CT molecular complexity index is 596. The largest absolute Gasteiger partial charge is 0.481 e. The van der Waals surface area contributed by atoms with Crippen molar-refractivity contribution in [1.29, 1.82) is 0 Å². The van der Waals surface area contributed by atoms with Crippen LogP contribution in [0.3, 0.4) is 0 Å². The second kappa shape index (κ2) is 5.40. The number of aromatic nitrogens is 4. The number of fused-ring (bicyclic) bond motifs is 1. The average molecular weight is 267 g/mol. The van der Waals surface area contributed by atoms with Crippen LogP contribution in [0.2, 0.25) is 0 Å². The van der Waals surface area contributed by atoms with Gasteiger partial charge in [-0.2, -0.15) is 4.98 Å². The van der Waals surface area contributed by atoms with E-state index in [0.29, 0.717) is 16.9 Å². The molecular formula is C8H9N7O2S. The van der Waals surface area contributed by atoms with Crippen LogP contribution < -0.4 is 5.73 Å². The third-order valence-corrected chi connectivity index (χ3v) is 2.49. The minimum atomic E-state index is -0.871. The van der Waals surface area contributed by atoms with Crippen LogP contribution in [0.25, 0.3) is 11.2 Å². The zero-order valence-corrected chi connectivity index (χ0v) is 9.89. The maximum absolute atomic E-state index is 10.3. The van der Waals surface area contributed by atoms with Gasteiger partial charge in [0, 0.05) is 5.75 Å². The van der Waals surface area contributed by atoms with Crippen LogP contribution in [0.4, 0.5) is 11.8 Å². The van der Waals surface area contributed by atoms with E-state index >= 15 is 0 Å². The first kappa shape index (κ1) is 12.2. The molecule has 0 fully saturated rings. The van der Waals surface area contributed by atoms with Crippen LogP contribution in [0, 0.1) is 0 Å². The van der Waals surface area contributed by atoms with Crippen molar-refractivity contribution in [3.8, 4) is 0 Å². The monoisotopic (exact) mass is 267 g/mol. The van der Waals surface area contributed by atoms with Gasteiger partial charge < -0.3 is 15.8 Å². The summed E-state index contributed by atoms with van der Waals surface area (Å²) < 4.78 is 3.73. The lowest BCUT2D eigenvalue weighted by Gasteiger charge is -1.89. The molecular weight excluding hydrogens is 258 g/mol. The van der Waals surface area contributed by atoms with E-state index in [1.54, 1.807) is 0 Å². The van der Waals surface area contributed by atoms with Crippen molar-refractivity contribution in [3.63, 3.8) is 0 Å². The maximum Gasteiger partial charge on any atom is 0.304 e. The normalized spacial score (nSPS) is 11.3. The fraction of sp³-hybridized carbons (Fsp3) is 0.250. The van der Waals surface area contributed by atoms with Gasteiger partial charge >= 0.3 is 5.97 Å². The first-order valence-electron chi connectivity index (χ1n) is 4.88. The van der Waals surface area contributed by atoms with E-state index < -0.39 is 5.97 Å². The summed E-state index contributed by atoms with van der Waals surface area (Å²) in [7, 11) is 0. The molecule has 2 rings (SSSR count). The molecule has 0 aliphatic carbocycles. The summed E-state index contributed by atoms with van der Waals surface area (Å²) >= 11 is 1.04. The van der Waals surface area contributed by atoms with Crippen LogP contribution in [-0.2, 0) is 4.79 Å². The van der Waals surface area contributed by atoms with E-state index in [0.717, 1.165) is 11.9 Å². The first-order chi connectivity index (χ1) is 8.66. The Morgan fingerprint density at radius 2 is 2.39 bits per heavy atom. The lowest BCUT2D eigenvalue weighted by atomic mass is 10.5. The molecule has 9 nitrogen and oxygen atoms in total. The number of imidazole rings is 1. The number of nitrogens with zero attached hydrogens (tertiary/aromatic N) is 5. The number of nitrogens with one attached hydrogen (secondary N) is 1. The van der Waals surface area contributed by atoms with E-state index in [9.17, 15) is 4.79 Å². The van der Waals surface area contributed by atoms with Crippen molar-refractivity contribution < 1.29 is 9.90 Å². The standard InChI is InChI=1S/C8H9N7O2S/c9-6-5-7(11-3-10-6)13-8(12-5)14-15-18-2-1-4(16)17/h3H,1-2H2,(H,16,17)(H3,9,10,11,12,13)/b15-14+. The second-order valence-corrected chi connectivity index (χ2v) is 4.01. The Labute approximate surface area is 105 Å². The van der Waals surface area contributed by atoms with Crippen LogP contribution in [0.1, 0.15) is 6.42 Å². The number of aromatic amines is 1. The molecule has 0 aliphatic rings. The molecule has 94 valence electrons. The lowest BCUT2D eigenvalue weighted by molar-refractivity contribution is -0.136. The highest BCUT2D eigenvalue weighted by molar-refractivity contribution is 7.97. The van der Waals surface area contributed by atoms with E-state index in [1.807, 2.05) is 0 Å². The van der Waals surface area contributed by atoms with Crippen molar-refractivity contribution >= 4 is 40.8 Å². The quantitative estimate of drug-likeness (QED) is 0.418. The number of H-pyrrole nitrogens is 1. The fourth-order valence-electron chi connectivity index (χ4n) is 1.12. The third-order valence-electron chi connectivity index (χ3n) is 1.91. The number of nitrogens with two attached hydrogens (primary N) is 1. The Kier molecular flexibility index (Phi) is 3.67. The molecule has 2 aromatic heterocycles. The van der Waals surface area contributed by atoms with Gasteiger partial charge in [0.25, 0.3) is 0 Å². The fourth-order valence-corrected chi connectivity index (χ4v) is 1.61. The topological polar surface area (TPSA) is 142 Å². The maximum atomic E-state index is 10.3. The summed E-state index contributed by atoms with van der Waals surface area (Å²) in [6.45, 7) is 0. The SMILES string of the molecule is Nc1ncnc2nc(/N=N/SCCC(=O)O)[nH]c12. The minimum absolute atomic E-state index is 0.0300. The zero-order chi connectivity index (χ0) is 13.0. The first-order valence-corrected chi connectivity index (χ1v) is 5.82. The molecule has 10 heteroatoms. The molecule has 2 heterocycles. The number of rotatable bonds is 5. The second-order valence-electron chi connectivity index (χ2n) is 3.18. The third kappa shape index (κ3) is 2.91. The van der Waals surface area contributed by atoms with E-state index in [2.05, 4.69) is 29.6 Å². The van der Waals surface area contributed by atoms with Crippen LogP contribution in [-0.4, -0.2) is 36.8 Å². The van der Waals surface area contributed by atoms with E-state index in [-0.39, 0.29) is 18.2 Å². The minimum Gasteiger partial charge on any atom is -0.481 e. The number of carboxylic acids is 1.